The summed E-state index contributed by atoms with van der Waals surface area (Å²) in [7, 11) is 0. The summed E-state index contributed by atoms with van der Waals surface area (Å²) in [4.78, 5) is 12.2. The topological polar surface area (TPSA) is 38.3 Å². The fraction of sp³-hybridized carbons (Fsp3) is 0.450. The first-order chi connectivity index (χ1) is 11.7. The van der Waals surface area contributed by atoms with E-state index in [0.717, 1.165) is 22.1 Å². The van der Waals surface area contributed by atoms with E-state index in [0.29, 0.717) is 6.54 Å². The van der Waals surface area contributed by atoms with Gasteiger partial charge in [0, 0.05) is 17.5 Å². The predicted molar refractivity (Wildman–Crippen MR) is 102 cm³/mol. The van der Waals surface area contributed by atoms with Gasteiger partial charge in [0.15, 0.2) is 6.10 Å². The van der Waals surface area contributed by atoms with Crippen LogP contribution in [-0.4, -0.2) is 29.6 Å². The molecular weight excluding hydrogens is 318 g/mol. The van der Waals surface area contributed by atoms with Crippen molar-refractivity contribution in [1.82, 2.24) is 5.32 Å². The molecule has 3 rings (SSSR count). The summed E-state index contributed by atoms with van der Waals surface area (Å²) in [5.74, 6) is 1.67. The Hall–Kier alpha value is -1.68. The molecule has 0 aliphatic heterocycles. The molecule has 1 aliphatic carbocycles. The van der Waals surface area contributed by atoms with Crippen LogP contribution in [0.2, 0.25) is 0 Å². The maximum absolute atomic E-state index is 12.2. The van der Waals surface area contributed by atoms with Gasteiger partial charge in [0.25, 0.3) is 5.91 Å². The maximum atomic E-state index is 12.2. The van der Waals surface area contributed by atoms with E-state index in [2.05, 4.69) is 11.4 Å². The van der Waals surface area contributed by atoms with E-state index in [1.54, 1.807) is 6.92 Å². The number of amides is 1. The molecule has 0 radical (unpaired) electrons. The highest BCUT2D eigenvalue weighted by Gasteiger charge is 2.16. The van der Waals surface area contributed by atoms with Gasteiger partial charge in [-0.15, -0.1) is 0 Å². The minimum absolute atomic E-state index is 0.0461. The number of rotatable bonds is 7. The average molecular weight is 343 g/mol. The lowest BCUT2D eigenvalue weighted by Crippen LogP contribution is -2.37. The molecule has 1 atom stereocenters. The second-order valence-corrected chi connectivity index (χ2v) is 7.75. The first-order valence-electron chi connectivity index (χ1n) is 8.77. The Kier molecular flexibility index (Phi) is 6.02. The SMILES string of the molecule is CC(Oc1ccc2ccccc2c1)C(=O)NCCSC1CCCC1. The Morgan fingerprint density at radius 1 is 1.21 bits per heavy atom. The molecule has 4 heteroatoms. The first kappa shape index (κ1) is 17.2. The van der Waals surface area contributed by atoms with Crippen molar-refractivity contribution in [3.05, 3.63) is 42.5 Å². The van der Waals surface area contributed by atoms with Crippen molar-refractivity contribution in [3.63, 3.8) is 0 Å². The Labute approximate surface area is 148 Å². The third kappa shape index (κ3) is 4.67. The van der Waals surface area contributed by atoms with Gasteiger partial charge in [-0.3, -0.25) is 4.79 Å². The quantitative estimate of drug-likeness (QED) is 0.757. The zero-order chi connectivity index (χ0) is 16.8. The van der Waals surface area contributed by atoms with Crippen LogP contribution in [0.1, 0.15) is 32.6 Å². The highest BCUT2D eigenvalue weighted by molar-refractivity contribution is 7.99. The van der Waals surface area contributed by atoms with Crippen LogP contribution in [0.5, 0.6) is 5.75 Å². The summed E-state index contributed by atoms with van der Waals surface area (Å²) >= 11 is 1.99. The Morgan fingerprint density at radius 2 is 1.96 bits per heavy atom. The van der Waals surface area contributed by atoms with Gasteiger partial charge in [-0.05, 0) is 42.7 Å². The number of hydrogen-bond acceptors (Lipinski definition) is 3. The average Bonchev–Trinajstić information content (AvgIpc) is 3.12. The summed E-state index contributed by atoms with van der Waals surface area (Å²) in [5, 5.41) is 6.07. The molecule has 1 aliphatic rings. The minimum Gasteiger partial charge on any atom is -0.481 e. The maximum Gasteiger partial charge on any atom is 0.260 e. The van der Waals surface area contributed by atoms with Gasteiger partial charge in [-0.1, -0.05) is 43.2 Å². The van der Waals surface area contributed by atoms with E-state index in [-0.39, 0.29) is 5.91 Å². The van der Waals surface area contributed by atoms with E-state index in [9.17, 15) is 4.79 Å². The summed E-state index contributed by atoms with van der Waals surface area (Å²) in [6.45, 7) is 2.51. The number of carbonyl (C=O) groups is 1. The van der Waals surface area contributed by atoms with Gasteiger partial charge < -0.3 is 10.1 Å². The molecule has 2 aromatic carbocycles. The van der Waals surface area contributed by atoms with Gasteiger partial charge >= 0.3 is 0 Å². The zero-order valence-corrected chi connectivity index (χ0v) is 15.0. The van der Waals surface area contributed by atoms with Crippen molar-refractivity contribution in [1.29, 1.82) is 0 Å². The number of benzene rings is 2. The normalized spacial score (nSPS) is 16.2. The molecule has 0 heterocycles. The molecule has 1 unspecified atom stereocenters. The lowest BCUT2D eigenvalue weighted by Gasteiger charge is -2.15. The lowest BCUT2D eigenvalue weighted by molar-refractivity contribution is -0.127. The van der Waals surface area contributed by atoms with Gasteiger partial charge in [0.05, 0.1) is 0 Å². The monoisotopic (exact) mass is 343 g/mol. The smallest absolute Gasteiger partial charge is 0.260 e. The fourth-order valence-corrected chi connectivity index (χ4v) is 4.32. The minimum atomic E-state index is -0.484. The molecule has 0 spiro atoms. The standard InChI is InChI=1S/C20H25NO2S/c1-15(20(22)21-12-13-24-19-8-4-5-9-19)23-18-11-10-16-6-2-3-7-17(16)14-18/h2-3,6-7,10-11,14-15,19H,4-5,8-9,12-13H2,1H3,(H,21,22). The number of thioether (sulfide) groups is 1. The summed E-state index contributed by atoms with van der Waals surface area (Å²) in [6.07, 6.45) is 4.91. The molecule has 3 nitrogen and oxygen atoms in total. The van der Waals surface area contributed by atoms with Crippen LogP contribution in [0.4, 0.5) is 0 Å². The molecule has 0 aromatic heterocycles. The van der Waals surface area contributed by atoms with Crippen LogP contribution in [0.3, 0.4) is 0 Å². The number of carbonyl (C=O) groups excluding carboxylic acids is 1. The van der Waals surface area contributed by atoms with E-state index < -0.39 is 6.10 Å². The van der Waals surface area contributed by atoms with Crippen LogP contribution in [-0.2, 0) is 4.79 Å². The molecular formula is C20H25NO2S. The van der Waals surface area contributed by atoms with Crippen LogP contribution in [0, 0.1) is 0 Å². The van der Waals surface area contributed by atoms with E-state index in [1.807, 2.05) is 48.2 Å². The van der Waals surface area contributed by atoms with E-state index in [4.69, 9.17) is 4.74 Å². The molecule has 1 amide bonds. The summed E-state index contributed by atoms with van der Waals surface area (Å²) < 4.78 is 5.80. The molecule has 128 valence electrons. The van der Waals surface area contributed by atoms with E-state index in [1.165, 1.54) is 31.1 Å². The highest BCUT2D eigenvalue weighted by Crippen LogP contribution is 2.28. The number of fused-ring (bicyclic) bond motifs is 1. The summed E-state index contributed by atoms with van der Waals surface area (Å²) in [6, 6.07) is 14.1. The Morgan fingerprint density at radius 3 is 2.75 bits per heavy atom. The van der Waals surface area contributed by atoms with Gasteiger partial charge in [-0.2, -0.15) is 11.8 Å². The molecule has 1 saturated carbocycles. The third-order valence-corrected chi connectivity index (χ3v) is 5.84. The number of nitrogens with one attached hydrogen (secondary N) is 1. The zero-order valence-electron chi connectivity index (χ0n) is 14.2. The second-order valence-electron chi connectivity index (χ2n) is 6.34. The largest absolute Gasteiger partial charge is 0.481 e. The van der Waals surface area contributed by atoms with Gasteiger partial charge in [0.1, 0.15) is 5.75 Å². The third-order valence-electron chi connectivity index (χ3n) is 4.46. The van der Waals surface area contributed by atoms with Gasteiger partial charge in [-0.25, -0.2) is 0 Å². The molecule has 0 saturated heterocycles. The van der Waals surface area contributed by atoms with Crippen LogP contribution in [0.15, 0.2) is 42.5 Å². The summed E-state index contributed by atoms with van der Waals surface area (Å²) in [5.41, 5.74) is 0. The van der Waals surface area contributed by atoms with Crippen molar-refractivity contribution in [2.24, 2.45) is 0 Å². The molecule has 24 heavy (non-hydrogen) atoms. The molecule has 2 aromatic rings. The molecule has 1 N–H and O–H groups in total. The van der Waals surface area contributed by atoms with Gasteiger partial charge in [0.2, 0.25) is 0 Å². The van der Waals surface area contributed by atoms with Crippen molar-refractivity contribution in [2.45, 2.75) is 44.0 Å². The van der Waals surface area contributed by atoms with Crippen molar-refractivity contribution in [3.8, 4) is 5.75 Å². The van der Waals surface area contributed by atoms with Crippen LogP contribution < -0.4 is 10.1 Å². The highest BCUT2D eigenvalue weighted by atomic mass is 32.2. The second kappa shape index (κ2) is 8.43. The van der Waals surface area contributed by atoms with Crippen molar-refractivity contribution < 1.29 is 9.53 Å². The van der Waals surface area contributed by atoms with Crippen molar-refractivity contribution in [2.75, 3.05) is 12.3 Å². The first-order valence-corrected chi connectivity index (χ1v) is 9.82. The Bertz CT molecular complexity index is 682. The molecule has 0 bridgehead atoms. The van der Waals surface area contributed by atoms with E-state index >= 15 is 0 Å². The van der Waals surface area contributed by atoms with Crippen LogP contribution >= 0.6 is 11.8 Å². The van der Waals surface area contributed by atoms with Crippen LogP contribution in [0.25, 0.3) is 10.8 Å². The van der Waals surface area contributed by atoms with Crippen molar-refractivity contribution >= 4 is 28.4 Å². The molecule has 1 fully saturated rings. The Balaban J connectivity index is 1.44. The lowest BCUT2D eigenvalue weighted by atomic mass is 10.1. The predicted octanol–water partition coefficient (Wildman–Crippen LogP) is 4.40. The fourth-order valence-electron chi connectivity index (χ4n) is 3.10. The number of ether oxygens (including phenoxy) is 1. The number of hydrogen-bond donors (Lipinski definition) is 1.